The summed E-state index contributed by atoms with van der Waals surface area (Å²) in [6, 6.07) is 22.3. The highest BCUT2D eigenvalue weighted by Gasteiger charge is 2.35. The molecule has 4 heteroatoms. The number of carbonyl (C=O) groups excluding carboxylic acids is 1. The van der Waals surface area contributed by atoms with Crippen molar-refractivity contribution in [3.63, 3.8) is 0 Å². The fourth-order valence-electron chi connectivity index (χ4n) is 3.65. The molecule has 138 valence electrons. The maximum atomic E-state index is 12.7. The van der Waals surface area contributed by atoms with Gasteiger partial charge in [-0.3, -0.25) is 4.79 Å². The van der Waals surface area contributed by atoms with Gasteiger partial charge in [0, 0.05) is 35.6 Å². The number of hydrogen-bond acceptors (Lipinski definition) is 3. The van der Waals surface area contributed by atoms with Crippen molar-refractivity contribution in [2.75, 3.05) is 19.8 Å². The number of thiophene rings is 1. The van der Waals surface area contributed by atoms with Gasteiger partial charge in [-0.15, -0.1) is 11.3 Å². The standard InChI is InChI=1S/C23H23NO2S/c25-22(20-10-8-19(9-11-20)18-5-2-1-3-6-18)24-17-23(12-14-26-15-13-23)21-7-4-16-27-21/h1-11,16H,12-15,17H2,(H,24,25). The minimum absolute atomic E-state index is 0.00788. The maximum absolute atomic E-state index is 12.7. The van der Waals surface area contributed by atoms with E-state index in [9.17, 15) is 4.79 Å². The number of nitrogens with one attached hydrogen (secondary N) is 1. The van der Waals surface area contributed by atoms with Crippen LogP contribution in [0, 0.1) is 0 Å². The Morgan fingerprint density at radius 1 is 0.926 bits per heavy atom. The lowest BCUT2D eigenvalue weighted by molar-refractivity contribution is 0.0499. The van der Waals surface area contributed by atoms with Gasteiger partial charge >= 0.3 is 0 Å². The van der Waals surface area contributed by atoms with Crippen LogP contribution in [0.3, 0.4) is 0 Å². The van der Waals surface area contributed by atoms with E-state index in [2.05, 4.69) is 35.0 Å². The summed E-state index contributed by atoms with van der Waals surface area (Å²) in [6.45, 7) is 2.15. The summed E-state index contributed by atoms with van der Waals surface area (Å²) in [5.74, 6) is -0.0166. The van der Waals surface area contributed by atoms with E-state index in [1.165, 1.54) is 4.88 Å². The van der Waals surface area contributed by atoms with Crippen molar-refractivity contribution in [1.82, 2.24) is 5.32 Å². The van der Waals surface area contributed by atoms with E-state index >= 15 is 0 Å². The molecule has 2 heterocycles. The molecule has 0 bridgehead atoms. The number of hydrogen-bond donors (Lipinski definition) is 1. The molecular weight excluding hydrogens is 354 g/mol. The molecule has 0 spiro atoms. The zero-order chi connectivity index (χ0) is 18.5. The van der Waals surface area contributed by atoms with Crippen molar-refractivity contribution in [3.8, 4) is 11.1 Å². The van der Waals surface area contributed by atoms with E-state index in [0.717, 1.165) is 37.2 Å². The van der Waals surface area contributed by atoms with E-state index in [1.807, 2.05) is 42.5 Å². The van der Waals surface area contributed by atoms with E-state index in [1.54, 1.807) is 11.3 Å². The first-order valence-corrected chi connectivity index (χ1v) is 10.2. The summed E-state index contributed by atoms with van der Waals surface area (Å²) in [5.41, 5.74) is 2.96. The first kappa shape index (κ1) is 18.0. The van der Waals surface area contributed by atoms with Crippen LogP contribution in [-0.4, -0.2) is 25.7 Å². The summed E-state index contributed by atoms with van der Waals surface area (Å²) >= 11 is 1.77. The number of benzene rings is 2. The van der Waals surface area contributed by atoms with Crippen LogP contribution in [0.2, 0.25) is 0 Å². The summed E-state index contributed by atoms with van der Waals surface area (Å²) in [4.78, 5) is 14.0. The molecule has 1 N–H and O–H groups in total. The molecule has 1 amide bonds. The van der Waals surface area contributed by atoms with Gasteiger partial charge in [-0.05, 0) is 47.5 Å². The highest BCUT2D eigenvalue weighted by molar-refractivity contribution is 7.10. The minimum atomic E-state index is -0.0166. The third-order valence-corrected chi connectivity index (χ3v) is 6.45. The molecule has 4 rings (SSSR count). The van der Waals surface area contributed by atoms with Gasteiger partial charge in [0.2, 0.25) is 0 Å². The molecule has 2 aromatic carbocycles. The first-order valence-electron chi connectivity index (χ1n) is 9.32. The molecule has 1 aliphatic heterocycles. The van der Waals surface area contributed by atoms with Crippen molar-refractivity contribution in [3.05, 3.63) is 82.6 Å². The minimum Gasteiger partial charge on any atom is -0.381 e. The van der Waals surface area contributed by atoms with Gasteiger partial charge in [-0.1, -0.05) is 48.5 Å². The fraction of sp³-hybridized carbons (Fsp3) is 0.261. The van der Waals surface area contributed by atoms with Gasteiger partial charge in [0.1, 0.15) is 0 Å². The average molecular weight is 378 g/mol. The average Bonchev–Trinajstić information content (AvgIpc) is 3.29. The Morgan fingerprint density at radius 3 is 2.30 bits per heavy atom. The van der Waals surface area contributed by atoms with Gasteiger partial charge in [0.25, 0.3) is 5.91 Å². The van der Waals surface area contributed by atoms with E-state index in [-0.39, 0.29) is 11.3 Å². The molecule has 0 radical (unpaired) electrons. The van der Waals surface area contributed by atoms with Crippen LogP contribution in [0.15, 0.2) is 72.1 Å². The van der Waals surface area contributed by atoms with Crippen LogP contribution in [0.4, 0.5) is 0 Å². The second-order valence-corrected chi connectivity index (χ2v) is 7.94. The Hall–Kier alpha value is -2.43. The normalized spacial score (nSPS) is 16.0. The van der Waals surface area contributed by atoms with Crippen LogP contribution in [0.1, 0.15) is 28.1 Å². The monoisotopic (exact) mass is 377 g/mol. The summed E-state index contributed by atoms with van der Waals surface area (Å²) < 4.78 is 5.56. The van der Waals surface area contributed by atoms with Gasteiger partial charge in [-0.2, -0.15) is 0 Å². The van der Waals surface area contributed by atoms with Gasteiger partial charge in [0.05, 0.1) is 0 Å². The Balaban J connectivity index is 1.45. The van der Waals surface area contributed by atoms with Gasteiger partial charge in [-0.25, -0.2) is 0 Å². The van der Waals surface area contributed by atoms with Crippen molar-refractivity contribution < 1.29 is 9.53 Å². The second kappa shape index (κ2) is 8.07. The molecular formula is C23H23NO2S. The smallest absolute Gasteiger partial charge is 0.251 e. The largest absolute Gasteiger partial charge is 0.381 e. The molecule has 1 saturated heterocycles. The molecule has 0 atom stereocenters. The van der Waals surface area contributed by atoms with Crippen LogP contribution in [0.5, 0.6) is 0 Å². The number of amides is 1. The summed E-state index contributed by atoms with van der Waals surface area (Å²) in [7, 11) is 0. The molecule has 0 aliphatic carbocycles. The zero-order valence-corrected chi connectivity index (χ0v) is 16.0. The molecule has 27 heavy (non-hydrogen) atoms. The van der Waals surface area contributed by atoms with Crippen molar-refractivity contribution in [1.29, 1.82) is 0 Å². The highest BCUT2D eigenvalue weighted by atomic mass is 32.1. The summed E-state index contributed by atoms with van der Waals surface area (Å²) in [5, 5.41) is 5.28. The van der Waals surface area contributed by atoms with Crippen molar-refractivity contribution in [2.45, 2.75) is 18.3 Å². The maximum Gasteiger partial charge on any atom is 0.251 e. The Kier molecular flexibility index (Phi) is 5.37. The lowest BCUT2D eigenvalue weighted by Gasteiger charge is -2.36. The lowest BCUT2D eigenvalue weighted by Crippen LogP contribution is -2.44. The second-order valence-electron chi connectivity index (χ2n) is 7.00. The van der Waals surface area contributed by atoms with Gasteiger partial charge in [0.15, 0.2) is 0 Å². The molecule has 1 aromatic heterocycles. The number of ether oxygens (including phenoxy) is 1. The van der Waals surface area contributed by atoms with Crippen molar-refractivity contribution >= 4 is 17.2 Å². The third kappa shape index (κ3) is 3.97. The van der Waals surface area contributed by atoms with Crippen molar-refractivity contribution in [2.24, 2.45) is 0 Å². The van der Waals surface area contributed by atoms with Crippen LogP contribution in [0.25, 0.3) is 11.1 Å². The molecule has 1 fully saturated rings. The molecule has 0 saturated carbocycles. The van der Waals surface area contributed by atoms with Crippen LogP contribution in [-0.2, 0) is 10.2 Å². The van der Waals surface area contributed by atoms with E-state index in [0.29, 0.717) is 12.1 Å². The Labute approximate surface area is 164 Å². The predicted molar refractivity (Wildman–Crippen MR) is 110 cm³/mol. The lowest BCUT2D eigenvalue weighted by atomic mass is 9.78. The first-order chi connectivity index (χ1) is 13.3. The third-order valence-electron chi connectivity index (χ3n) is 5.34. The van der Waals surface area contributed by atoms with Gasteiger partial charge < -0.3 is 10.1 Å². The quantitative estimate of drug-likeness (QED) is 0.687. The predicted octanol–water partition coefficient (Wildman–Crippen LogP) is 4.89. The Morgan fingerprint density at radius 2 is 1.63 bits per heavy atom. The fourth-order valence-corrected chi connectivity index (χ4v) is 4.64. The highest BCUT2D eigenvalue weighted by Crippen LogP contribution is 2.37. The molecule has 0 unspecified atom stereocenters. The molecule has 3 aromatic rings. The molecule has 3 nitrogen and oxygen atoms in total. The SMILES string of the molecule is O=C(NCC1(c2cccs2)CCOCC1)c1ccc(-c2ccccc2)cc1. The van der Waals surface area contributed by atoms with E-state index in [4.69, 9.17) is 4.74 Å². The number of carbonyl (C=O) groups is 1. The van der Waals surface area contributed by atoms with Crippen LogP contribution >= 0.6 is 11.3 Å². The summed E-state index contributed by atoms with van der Waals surface area (Å²) in [6.07, 6.45) is 1.89. The Bertz CT molecular complexity index is 867. The topological polar surface area (TPSA) is 38.3 Å². The van der Waals surface area contributed by atoms with Crippen LogP contribution < -0.4 is 5.32 Å². The van der Waals surface area contributed by atoms with E-state index < -0.39 is 0 Å². The number of rotatable bonds is 5. The molecule has 1 aliphatic rings. The zero-order valence-electron chi connectivity index (χ0n) is 15.2.